The Hall–Kier alpha value is -5.22. The maximum absolute atomic E-state index is 14.2. The molecule has 3 aromatic carbocycles. The van der Waals surface area contributed by atoms with Gasteiger partial charge in [-0.1, -0.05) is 41.7 Å². The van der Waals surface area contributed by atoms with Crippen LogP contribution in [0.25, 0.3) is 23.1 Å². The van der Waals surface area contributed by atoms with Gasteiger partial charge in [0.15, 0.2) is 4.80 Å². The second-order valence-corrected chi connectivity index (χ2v) is 11.7. The van der Waals surface area contributed by atoms with Crippen molar-refractivity contribution < 1.29 is 18.8 Å². The fourth-order valence-corrected chi connectivity index (χ4v) is 7.04. The van der Waals surface area contributed by atoms with Crippen molar-refractivity contribution in [2.24, 2.45) is 4.99 Å². The van der Waals surface area contributed by atoms with E-state index in [9.17, 15) is 14.9 Å². The van der Waals surface area contributed by atoms with Crippen LogP contribution < -0.4 is 24.4 Å². The van der Waals surface area contributed by atoms with E-state index < -0.39 is 11.0 Å². The standard InChI is InChI=1S/C34H27N3O6S/c1-19-8-12-24(27(16-19)37(39)40)29-15-11-22(43-29)18-30-33(38)36-32(26-17-21(41-2)10-14-28(26)42-3)25-13-9-20-6-4-5-7-23(20)31(25)35-34(36)44-30/h4-8,10-12,14-18,32H,9,13H2,1-3H3/b30-18+/t32-/m0/s1. The second-order valence-electron chi connectivity index (χ2n) is 10.7. The summed E-state index contributed by atoms with van der Waals surface area (Å²) in [6.45, 7) is 1.80. The molecule has 2 aromatic heterocycles. The number of hydrogen-bond acceptors (Lipinski definition) is 8. The van der Waals surface area contributed by atoms with Gasteiger partial charge in [-0.25, -0.2) is 4.99 Å². The van der Waals surface area contributed by atoms with Crippen molar-refractivity contribution in [3.8, 4) is 22.8 Å². The number of furan rings is 1. The first kappa shape index (κ1) is 27.6. The molecule has 1 aliphatic heterocycles. The fraction of sp³-hybridized carbons (Fsp3) is 0.176. The molecule has 5 aromatic rings. The number of ether oxygens (including phenoxy) is 2. The molecule has 0 fully saturated rings. The molecule has 220 valence electrons. The molecular weight excluding hydrogens is 578 g/mol. The van der Waals surface area contributed by atoms with Crippen LogP contribution in [0.4, 0.5) is 5.69 Å². The van der Waals surface area contributed by atoms with Crippen LogP contribution in [0.2, 0.25) is 0 Å². The molecule has 0 amide bonds. The van der Waals surface area contributed by atoms with Gasteiger partial charge in [0.25, 0.3) is 11.2 Å². The number of rotatable bonds is 6. The maximum Gasteiger partial charge on any atom is 0.280 e. The summed E-state index contributed by atoms with van der Waals surface area (Å²) in [7, 11) is 3.23. The summed E-state index contributed by atoms with van der Waals surface area (Å²) in [5, 5.41) is 11.7. The van der Waals surface area contributed by atoms with Crippen molar-refractivity contribution in [3.05, 3.63) is 136 Å². The minimum Gasteiger partial charge on any atom is -0.497 e. The minimum atomic E-state index is -0.454. The van der Waals surface area contributed by atoms with E-state index >= 15 is 0 Å². The Balaban J connectivity index is 1.42. The van der Waals surface area contributed by atoms with Gasteiger partial charge in [0.05, 0.1) is 41.0 Å². The summed E-state index contributed by atoms with van der Waals surface area (Å²) in [6, 6.07) is 21.8. The largest absolute Gasteiger partial charge is 0.497 e. The molecule has 0 bridgehead atoms. The van der Waals surface area contributed by atoms with Crippen LogP contribution in [-0.2, 0) is 6.42 Å². The number of aryl methyl sites for hydroxylation is 2. The molecule has 2 aliphatic rings. The molecule has 0 N–H and O–H groups in total. The molecule has 7 rings (SSSR count). The Labute approximate surface area is 255 Å². The highest BCUT2D eigenvalue weighted by Gasteiger charge is 2.34. The molecule has 44 heavy (non-hydrogen) atoms. The summed E-state index contributed by atoms with van der Waals surface area (Å²) in [5.41, 5.74) is 5.92. The Morgan fingerprint density at radius 3 is 2.66 bits per heavy atom. The number of methoxy groups -OCH3 is 2. The number of thiazole rings is 1. The number of hydrogen-bond donors (Lipinski definition) is 0. The number of allylic oxidation sites excluding steroid dienone is 1. The van der Waals surface area contributed by atoms with Crippen molar-refractivity contribution in [1.29, 1.82) is 0 Å². The molecular formula is C34H27N3O6S. The predicted molar refractivity (Wildman–Crippen MR) is 168 cm³/mol. The van der Waals surface area contributed by atoms with Crippen LogP contribution in [0.1, 0.15) is 40.5 Å². The highest BCUT2D eigenvalue weighted by Crippen LogP contribution is 2.44. The smallest absolute Gasteiger partial charge is 0.280 e. The summed E-state index contributed by atoms with van der Waals surface area (Å²) in [6.07, 6.45) is 3.24. The zero-order valence-corrected chi connectivity index (χ0v) is 25.0. The third-order valence-electron chi connectivity index (χ3n) is 8.12. The molecule has 0 spiro atoms. The van der Waals surface area contributed by atoms with Crippen molar-refractivity contribution >= 4 is 28.8 Å². The van der Waals surface area contributed by atoms with E-state index in [1.165, 1.54) is 23.0 Å². The highest BCUT2D eigenvalue weighted by molar-refractivity contribution is 7.07. The lowest BCUT2D eigenvalue weighted by atomic mass is 9.83. The lowest BCUT2D eigenvalue weighted by Gasteiger charge is -2.31. The van der Waals surface area contributed by atoms with Gasteiger partial charge >= 0.3 is 0 Å². The Morgan fingerprint density at radius 1 is 1.02 bits per heavy atom. The van der Waals surface area contributed by atoms with Crippen LogP contribution in [0.3, 0.4) is 0 Å². The zero-order chi connectivity index (χ0) is 30.5. The lowest BCUT2D eigenvalue weighted by Crippen LogP contribution is -2.39. The molecule has 9 nitrogen and oxygen atoms in total. The van der Waals surface area contributed by atoms with Crippen molar-refractivity contribution in [3.63, 3.8) is 0 Å². The van der Waals surface area contributed by atoms with E-state index in [0.29, 0.717) is 37.9 Å². The van der Waals surface area contributed by atoms with E-state index in [4.69, 9.17) is 18.9 Å². The Kier molecular flexibility index (Phi) is 6.78. The van der Waals surface area contributed by atoms with Gasteiger partial charge < -0.3 is 13.9 Å². The average molecular weight is 606 g/mol. The molecule has 1 atom stereocenters. The first-order chi connectivity index (χ1) is 21.4. The van der Waals surface area contributed by atoms with Crippen LogP contribution >= 0.6 is 11.3 Å². The predicted octanol–water partition coefficient (Wildman–Crippen LogP) is 5.81. The van der Waals surface area contributed by atoms with E-state index in [0.717, 1.165) is 40.8 Å². The summed E-state index contributed by atoms with van der Waals surface area (Å²) in [4.78, 5) is 31.1. The number of nitrogens with zero attached hydrogens (tertiary/aromatic N) is 3. The van der Waals surface area contributed by atoms with E-state index in [1.807, 2.05) is 30.3 Å². The van der Waals surface area contributed by atoms with Gasteiger partial charge in [0, 0.05) is 23.3 Å². The fourth-order valence-electron chi connectivity index (χ4n) is 6.06. The number of nitro groups is 1. The van der Waals surface area contributed by atoms with Crippen molar-refractivity contribution in [2.75, 3.05) is 14.2 Å². The summed E-state index contributed by atoms with van der Waals surface area (Å²) in [5.74, 6) is 2.06. The number of fused-ring (bicyclic) bond motifs is 3. The summed E-state index contributed by atoms with van der Waals surface area (Å²) < 4.78 is 19.6. The SMILES string of the molecule is COc1ccc(OC)c([C@@H]2C3=C(N=c4s/c(=C/c5ccc(-c6ccc(C)cc6[N+](=O)[O-])o5)c(=O)n42)c2ccccc2CC3)c1. The van der Waals surface area contributed by atoms with Crippen LogP contribution in [0, 0.1) is 17.0 Å². The molecule has 0 saturated heterocycles. The van der Waals surface area contributed by atoms with Gasteiger partial charge in [-0.2, -0.15) is 0 Å². The van der Waals surface area contributed by atoms with Gasteiger partial charge in [-0.15, -0.1) is 0 Å². The van der Waals surface area contributed by atoms with Crippen LogP contribution in [0.15, 0.2) is 92.6 Å². The third-order valence-corrected chi connectivity index (χ3v) is 9.10. The number of benzene rings is 3. The monoisotopic (exact) mass is 605 g/mol. The molecule has 1 aliphatic carbocycles. The maximum atomic E-state index is 14.2. The first-order valence-corrected chi connectivity index (χ1v) is 14.9. The van der Waals surface area contributed by atoms with Crippen molar-refractivity contribution in [2.45, 2.75) is 25.8 Å². The zero-order valence-electron chi connectivity index (χ0n) is 24.2. The van der Waals surface area contributed by atoms with Gasteiger partial charge in [-0.3, -0.25) is 19.5 Å². The van der Waals surface area contributed by atoms with Gasteiger partial charge in [0.1, 0.15) is 23.0 Å². The second kappa shape index (κ2) is 10.8. The molecule has 0 radical (unpaired) electrons. The number of aromatic nitrogens is 1. The lowest BCUT2D eigenvalue weighted by molar-refractivity contribution is -0.384. The van der Waals surface area contributed by atoms with E-state index in [2.05, 4.69) is 12.1 Å². The third kappa shape index (κ3) is 4.55. The first-order valence-electron chi connectivity index (χ1n) is 14.1. The van der Waals surface area contributed by atoms with E-state index in [1.54, 1.807) is 56.1 Å². The van der Waals surface area contributed by atoms with Crippen LogP contribution in [0.5, 0.6) is 11.5 Å². The average Bonchev–Trinajstić information content (AvgIpc) is 3.63. The topological polar surface area (TPSA) is 109 Å². The van der Waals surface area contributed by atoms with Crippen molar-refractivity contribution in [1.82, 2.24) is 4.57 Å². The Morgan fingerprint density at radius 2 is 1.86 bits per heavy atom. The minimum absolute atomic E-state index is 0.0385. The molecule has 0 unspecified atom stereocenters. The molecule has 0 saturated carbocycles. The Bertz CT molecular complexity index is 2190. The molecule has 3 heterocycles. The van der Waals surface area contributed by atoms with Gasteiger partial charge in [-0.05, 0) is 72.9 Å². The number of nitro benzene ring substituents is 1. The molecule has 10 heteroatoms. The quantitative estimate of drug-likeness (QED) is 0.178. The van der Waals surface area contributed by atoms with E-state index in [-0.39, 0.29) is 11.2 Å². The normalized spacial score (nSPS) is 15.7. The van der Waals surface area contributed by atoms with Crippen LogP contribution in [-0.4, -0.2) is 23.7 Å². The summed E-state index contributed by atoms with van der Waals surface area (Å²) >= 11 is 1.28. The highest BCUT2D eigenvalue weighted by atomic mass is 32.1. The van der Waals surface area contributed by atoms with Gasteiger partial charge in [0.2, 0.25) is 0 Å².